The SMILES string of the molecule is CC(C)Cc1nnc(NC(=O)C(CC(C)C)N2C(=O)C3CC=CCC3C2=O)s1. The highest BCUT2D eigenvalue weighted by molar-refractivity contribution is 7.15. The summed E-state index contributed by atoms with van der Waals surface area (Å²) in [6.07, 6.45) is 6.25. The summed E-state index contributed by atoms with van der Waals surface area (Å²) >= 11 is 1.34. The Kier molecular flexibility index (Phi) is 6.27. The van der Waals surface area contributed by atoms with Crippen LogP contribution in [0.3, 0.4) is 0 Å². The zero-order valence-electron chi connectivity index (χ0n) is 16.8. The third-order valence-corrected chi connectivity index (χ3v) is 5.99. The van der Waals surface area contributed by atoms with E-state index in [1.165, 1.54) is 16.2 Å². The van der Waals surface area contributed by atoms with Gasteiger partial charge in [0.05, 0.1) is 11.8 Å². The molecule has 2 heterocycles. The maximum absolute atomic E-state index is 13.0. The molecule has 1 aromatic heterocycles. The van der Waals surface area contributed by atoms with Crippen molar-refractivity contribution in [3.8, 4) is 0 Å². The van der Waals surface area contributed by atoms with Gasteiger partial charge in [-0.2, -0.15) is 0 Å². The lowest BCUT2D eigenvalue weighted by Gasteiger charge is -2.26. The molecular formula is C20H28N4O3S. The summed E-state index contributed by atoms with van der Waals surface area (Å²) in [4.78, 5) is 40.1. The first-order valence-electron chi connectivity index (χ1n) is 9.93. The molecule has 152 valence electrons. The van der Waals surface area contributed by atoms with E-state index in [4.69, 9.17) is 0 Å². The van der Waals surface area contributed by atoms with Crippen molar-refractivity contribution in [1.29, 1.82) is 0 Å². The minimum absolute atomic E-state index is 0.156. The Morgan fingerprint density at radius 3 is 2.25 bits per heavy atom. The smallest absolute Gasteiger partial charge is 0.249 e. The van der Waals surface area contributed by atoms with Gasteiger partial charge in [-0.25, -0.2) is 0 Å². The molecule has 1 fully saturated rings. The summed E-state index contributed by atoms with van der Waals surface area (Å²) in [7, 11) is 0. The number of allylic oxidation sites excluding steroid dienone is 2. The fraction of sp³-hybridized carbons (Fsp3) is 0.650. The molecular weight excluding hydrogens is 376 g/mol. The van der Waals surface area contributed by atoms with Crippen LogP contribution in [-0.4, -0.2) is 38.9 Å². The number of nitrogens with zero attached hydrogens (tertiary/aromatic N) is 3. The molecule has 8 heteroatoms. The fourth-order valence-corrected chi connectivity index (χ4v) is 4.79. The Hall–Kier alpha value is -2.09. The standard InChI is InChI=1S/C20H28N4O3S/c1-11(2)9-15(17(25)21-20-23-22-16(28-20)10-12(3)4)24-18(26)13-7-5-6-8-14(13)19(24)27/h5-6,11-15H,7-10H2,1-4H3,(H,21,23,25). The van der Waals surface area contributed by atoms with Crippen molar-refractivity contribution in [2.24, 2.45) is 23.7 Å². The number of amides is 3. The third-order valence-electron chi connectivity index (χ3n) is 5.13. The van der Waals surface area contributed by atoms with Gasteiger partial charge in [0.25, 0.3) is 0 Å². The number of anilines is 1. The molecule has 7 nitrogen and oxygen atoms in total. The minimum Gasteiger partial charge on any atom is -0.299 e. The number of imide groups is 1. The van der Waals surface area contributed by atoms with Crippen LogP contribution < -0.4 is 5.32 Å². The van der Waals surface area contributed by atoms with Crippen molar-refractivity contribution >= 4 is 34.2 Å². The van der Waals surface area contributed by atoms with E-state index >= 15 is 0 Å². The first-order valence-corrected chi connectivity index (χ1v) is 10.7. The lowest BCUT2D eigenvalue weighted by molar-refractivity contribution is -0.147. The van der Waals surface area contributed by atoms with Gasteiger partial charge in [-0.15, -0.1) is 10.2 Å². The van der Waals surface area contributed by atoms with E-state index in [-0.39, 0.29) is 35.5 Å². The van der Waals surface area contributed by atoms with E-state index in [1.54, 1.807) is 0 Å². The van der Waals surface area contributed by atoms with Gasteiger partial charge in [-0.3, -0.25) is 24.6 Å². The molecule has 3 atom stereocenters. The number of fused-ring (bicyclic) bond motifs is 1. The number of aromatic nitrogens is 2. The third kappa shape index (κ3) is 4.32. The van der Waals surface area contributed by atoms with Crippen LogP contribution in [0.5, 0.6) is 0 Å². The number of hydrogen-bond donors (Lipinski definition) is 1. The first-order chi connectivity index (χ1) is 13.3. The highest BCUT2D eigenvalue weighted by Crippen LogP contribution is 2.37. The van der Waals surface area contributed by atoms with Crippen molar-refractivity contribution in [2.45, 2.75) is 59.4 Å². The van der Waals surface area contributed by atoms with Crippen LogP contribution in [0.25, 0.3) is 0 Å². The molecule has 2 aliphatic rings. The first kappa shape index (κ1) is 20.6. The van der Waals surface area contributed by atoms with Crippen molar-refractivity contribution in [1.82, 2.24) is 15.1 Å². The van der Waals surface area contributed by atoms with Gasteiger partial charge in [-0.05, 0) is 31.1 Å². The quantitative estimate of drug-likeness (QED) is 0.557. The van der Waals surface area contributed by atoms with E-state index in [1.807, 2.05) is 26.0 Å². The summed E-state index contributed by atoms with van der Waals surface area (Å²) in [6, 6.07) is -0.817. The lowest BCUT2D eigenvalue weighted by atomic mass is 9.85. The molecule has 1 saturated heterocycles. The van der Waals surface area contributed by atoms with Crippen LogP contribution in [-0.2, 0) is 20.8 Å². The van der Waals surface area contributed by atoms with Crippen molar-refractivity contribution in [2.75, 3.05) is 5.32 Å². The molecule has 28 heavy (non-hydrogen) atoms. The topological polar surface area (TPSA) is 92.3 Å². The van der Waals surface area contributed by atoms with Crippen LogP contribution in [0.1, 0.15) is 52.0 Å². The second kappa shape index (κ2) is 8.51. The molecule has 0 aromatic carbocycles. The monoisotopic (exact) mass is 404 g/mol. The predicted molar refractivity (Wildman–Crippen MR) is 108 cm³/mol. The van der Waals surface area contributed by atoms with Crippen LogP contribution in [0.4, 0.5) is 5.13 Å². The average molecular weight is 405 g/mol. The van der Waals surface area contributed by atoms with E-state index in [0.29, 0.717) is 30.3 Å². The van der Waals surface area contributed by atoms with Gasteiger partial charge in [-0.1, -0.05) is 51.2 Å². The number of hydrogen-bond acceptors (Lipinski definition) is 6. The molecule has 1 aliphatic heterocycles. The highest BCUT2D eigenvalue weighted by Gasteiger charge is 2.51. The molecule has 3 amide bonds. The number of carbonyl (C=O) groups is 3. The zero-order chi connectivity index (χ0) is 20.4. The van der Waals surface area contributed by atoms with E-state index in [0.717, 1.165) is 11.4 Å². The fourth-order valence-electron chi connectivity index (χ4n) is 3.83. The van der Waals surface area contributed by atoms with Crippen molar-refractivity contribution in [3.63, 3.8) is 0 Å². The Balaban J connectivity index is 1.78. The average Bonchev–Trinajstić information content (AvgIpc) is 3.15. The van der Waals surface area contributed by atoms with Crippen molar-refractivity contribution < 1.29 is 14.4 Å². The molecule has 0 saturated carbocycles. The maximum Gasteiger partial charge on any atom is 0.249 e. The summed E-state index contributed by atoms with van der Waals surface area (Å²) in [6.45, 7) is 8.14. The lowest BCUT2D eigenvalue weighted by Crippen LogP contribution is -2.48. The largest absolute Gasteiger partial charge is 0.299 e. The molecule has 1 N–H and O–H groups in total. The summed E-state index contributed by atoms with van der Waals surface area (Å²) in [5.74, 6) is -0.881. The molecule has 0 spiro atoms. The van der Waals surface area contributed by atoms with Gasteiger partial charge >= 0.3 is 0 Å². The summed E-state index contributed by atoms with van der Waals surface area (Å²) in [5.41, 5.74) is 0. The summed E-state index contributed by atoms with van der Waals surface area (Å²) in [5, 5.41) is 12.2. The van der Waals surface area contributed by atoms with Crippen LogP contribution >= 0.6 is 11.3 Å². The number of nitrogens with one attached hydrogen (secondary N) is 1. The molecule has 0 radical (unpaired) electrons. The molecule has 3 unspecified atom stereocenters. The van der Waals surface area contributed by atoms with Gasteiger partial charge in [0.1, 0.15) is 11.0 Å². The predicted octanol–water partition coefficient (Wildman–Crippen LogP) is 3.04. The van der Waals surface area contributed by atoms with Crippen LogP contribution in [0.2, 0.25) is 0 Å². The molecule has 3 rings (SSSR count). The number of likely N-dealkylation sites (tertiary alicyclic amines) is 1. The zero-order valence-corrected chi connectivity index (χ0v) is 17.7. The van der Waals surface area contributed by atoms with E-state index in [2.05, 4.69) is 29.4 Å². The Morgan fingerprint density at radius 1 is 1.11 bits per heavy atom. The highest BCUT2D eigenvalue weighted by atomic mass is 32.1. The molecule has 0 bridgehead atoms. The maximum atomic E-state index is 13.0. The minimum atomic E-state index is -0.817. The second-order valence-electron chi connectivity index (χ2n) is 8.44. The van der Waals surface area contributed by atoms with Gasteiger partial charge < -0.3 is 0 Å². The number of rotatable bonds is 7. The van der Waals surface area contributed by atoms with Gasteiger partial charge in [0, 0.05) is 6.42 Å². The molecule has 1 aliphatic carbocycles. The van der Waals surface area contributed by atoms with Crippen LogP contribution in [0, 0.1) is 23.7 Å². The summed E-state index contributed by atoms with van der Waals surface area (Å²) < 4.78 is 0. The van der Waals surface area contributed by atoms with Gasteiger partial charge in [0.15, 0.2) is 0 Å². The van der Waals surface area contributed by atoms with Crippen LogP contribution in [0.15, 0.2) is 12.2 Å². The Morgan fingerprint density at radius 2 is 1.71 bits per heavy atom. The van der Waals surface area contributed by atoms with Gasteiger partial charge in [0.2, 0.25) is 22.9 Å². The normalized spacial score (nSPS) is 22.9. The van der Waals surface area contributed by atoms with E-state index < -0.39 is 6.04 Å². The van der Waals surface area contributed by atoms with E-state index in [9.17, 15) is 14.4 Å². The van der Waals surface area contributed by atoms with Crippen molar-refractivity contribution in [3.05, 3.63) is 17.2 Å². The second-order valence-corrected chi connectivity index (χ2v) is 9.50. The molecule has 1 aromatic rings. The Labute approximate surface area is 169 Å². The Bertz CT molecular complexity index is 760. The number of carbonyl (C=O) groups excluding carboxylic acids is 3.